The molecule has 3 nitrogen and oxygen atoms in total. The molecule has 0 aromatic heterocycles. The van der Waals surface area contributed by atoms with E-state index in [1.165, 1.54) is 64.2 Å². The number of hydrogen-bond donors (Lipinski definition) is 2. The third-order valence-electron chi connectivity index (χ3n) is 4.27. The van der Waals surface area contributed by atoms with Gasteiger partial charge in [0.25, 0.3) is 0 Å². The molecule has 1 rings (SSSR count). The van der Waals surface area contributed by atoms with E-state index in [1.807, 2.05) is 0 Å². The predicted octanol–water partition coefficient (Wildman–Crippen LogP) is 3.76. The minimum absolute atomic E-state index is 0.182. The van der Waals surface area contributed by atoms with E-state index < -0.39 is 0 Å². The normalized spacial score (nSPS) is 16.1. The molecule has 0 spiro atoms. The number of nitrogens with one attached hydrogen (secondary N) is 1. The van der Waals surface area contributed by atoms with Gasteiger partial charge in [-0.1, -0.05) is 58.3 Å². The number of unbranched alkanes of at least 4 members (excludes halogenated alkanes) is 8. The van der Waals surface area contributed by atoms with Crippen molar-refractivity contribution in [2.75, 3.05) is 6.54 Å². The standard InChI is InChI=1S/C17H34N2O/c1-2-3-4-5-6-7-8-9-10-11-17(20)19-14-16(18)15-12-13-15/h15-16H,2-14,18H2,1H3,(H,19,20). The van der Waals surface area contributed by atoms with Crippen LogP contribution >= 0.6 is 0 Å². The van der Waals surface area contributed by atoms with Gasteiger partial charge >= 0.3 is 0 Å². The zero-order valence-electron chi connectivity index (χ0n) is 13.3. The fourth-order valence-electron chi connectivity index (χ4n) is 2.61. The molecule has 118 valence electrons. The van der Waals surface area contributed by atoms with Crippen LogP contribution in [0.15, 0.2) is 0 Å². The zero-order chi connectivity index (χ0) is 14.6. The molecule has 1 aliphatic carbocycles. The van der Waals surface area contributed by atoms with Crippen LogP contribution in [0.2, 0.25) is 0 Å². The minimum atomic E-state index is 0.182. The van der Waals surface area contributed by atoms with Crippen LogP contribution in [0.3, 0.4) is 0 Å². The summed E-state index contributed by atoms with van der Waals surface area (Å²) < 4.78 is 0. The Hall–Kier alpha value is -0.570. The van der Waals surface area contributed by atoms with Crippen molar-refractivity contribution in [3.63, 3.8) is 0 Å². The Labute approximate surface area is 125 Å². The number of carbonyl (C=O) groups is 1. The Morgan fingerprint density at radius 2 is 1.60 bits per heavy atom. The van der Waals surface area contributed by atoms with Gasteiger partial charge in [0.05, 0.1) is 0 Å². The molecule has 1 fully saturated rings. The SMILES string of the molecule is CCCCCCCCCCCC(=O)NCC(N)C1CC1. The third kappa shape index (κ3) is 9.35. The van der Waals surface area contributed by atoms with E-state index in [0.717, 1.165) is 6.42 Å². The van der Waals surface area contributed by atoms with Crippen molar-refractivity contribution < 1.29 is 4.79 Å². The summed E-state index contributed by atoms with van der Waals surface area (Å²) in [6.45, 7) is 2.92. The first-order valence-corrected chi connectivity index (χ1v) is 8.76. The van der Waals surface area contributed by atoms with Gasteiger partial charge < -0.3 is 11.1 Å². The van der Waals surface area contributed by atoms with Crippen LogP contribution < -0.4 is 11.1 Å². The molecule has 1 saturated carbocycles. The second-order valence-corrected chi connectivity index (χ2v) is 6.38. The van der Waals surface area contributed by atoms with E-state index in [-0.39, 0.29) is 11.9 Å². The minimum Gasteiger partial charge on any atom is -0.355 e. The monoisotopic (exact) mass is 282 g/mol. The van der Waals surface area contributed by atoms with Gasteiger partial charge in [0.15, 0.2) is 0 Å². The lowest BCUT2D eigenvalue weighted by molar-refractivity contribution is -0.121. The fourth-order valence-corrected chi connectivity index (χ4v) is 2.61. The van der Waals surface area contributed by atoms with Crippen LogP contribution in [0, 0.1) is 5.92 Å². The van der Waals surface area contributed by atoms with Crippen LogP contribution in [-0.2, 0) is 4.79 Å². The lowest BCUT2D eigenvalue weighted by atomic mass is 10.1. The zero-order valence-corrected chi connectivity index (χ0v) is 13.3. The second kappa shape index (κ2) is 11.1. The molecular weight excluding hydrogens is 248 g/mol. The molecular formula is C17H34N2O. The van der Waals surface area contributed by atoms with E-state index >= 15 is 0 Å². The molecule has 0 aromatic carbocycles. The molecule has 3 N–H and O–H groups in total. The lowest BCUT2D eigenvalue weighted by Crippen LogP contribution is -2.38. The highest BCUT2D eigenvalue weighted by Crippen LogP contribution is 2.31. The largest absolute Gasteiger partial charge is 0.355 e. The van der Waals surface area contributed by atoms with Gasteiger partial charge in [0.1, 0.15) is 0 Å². The average molecular weight is 282 g/mol. The van der Waals surface area contributed by atoms with Crippen LogP contribution in [0.25, 0.3) is 0 Å². The molecule has 0 saturated heterocycles. The molecule has 20 heavy (non-hydrogen) atoms. The number of rotatable bonds is 13. The van der Waals surface area contributed by atoms with Crippen molar-refractivity contribution in [2.24, 2.45) is 11.7 Å². The molecule has 0 aromatic rings. The van der Waals surface area contributed by atoms with Crippen molar-refractivity contribution >= 4 is 5.91 Å². The van der Waals surface area contributed by atoms with Gasteiger partial charge in [-0.2, -0.15) is 0 Å². The Kier molecular flexibility index (Phi) is 9.73. The maximum atomic E-state index is 11.6. The molecule has 3 heteroatoms. The molecule has 1 atom stereocenters. The summed E-state index contributed by atoms with van der Waals surface area (Å²) in [6, 6.07) is 0.182. The van der Waals surface area contributed by atoms with Crippen LogP contribution in [0.5, 0.6) is 0 Å². The number of nitrogens with two attached hydrogens (primary N) is 1. The van der Waals surface area contributed by atoms with Crippen LogP contribution in [-0.4, -0.2) is 18.5 Å². The Balaban J connectivity index is 1.79. The first-order chi connectivity index (χ1) is 9.74. The van der Waals surface area contributed by atoms with Crippen molar-refractivity contribution in [2.45, 2.75) is 90.0 Å². The van der Waals surface area contributed by atoms with Crippen molar-refractivity contribution in [3.8, 4) is 0 Å². The van der Waals surface area contributed by atoms with Crippen molar-refractivity contribution in [1.29, 1.82) is 0 Å². The summed E-state index contributed by atoms with van der Waals surface area (Å²) in [5, 5.41) is 2.97. The Morgan fingerprint density at radius 3 is 2.15 bits per heavy atom. The van der Waals surface area contributed by atoms with Gasteiger partial charge in [-0.15, -0.1) is 0 Å². The van der Waals surface area contributed by atoms with Gasteiger partial charge in [0.2, 0.25) is 5.91 Å². The molecule has 1 aliphatic rings. The van der Waals surface area contributed by atoms with Crippen molar-refractivity contribution in [1.82, 2.24) is 5.32 Å². The van der Waals surface area contributed by atoms with E-state index in [1.54, 1.807) is 0 Å². The highest BCUT2D eigenvalue weighted by Gasteiger charge is 2.28. The lowest BCUT2D eigenvalue weighted by Gasteiger charge is -2.11. The predicted molar refractivity (Wildman–Crippen MR) is 85.6 cm³/mol. The molecule has 0 radical (unpaired) electrons. The summed E-state index contributed by atoms with van der Waals surface area (Å²) >= 11 is 0. The fraction of sp³-hybridized carbons (Fsp3) is 0.941. The van der Waals surface area contributed by atoms with Gasteiger partial charge in [-0.3, -0.25) is 4.79 Å². The van der Waals surface area contributed by atoms with Crippen molar-refractivity contribution in [3.05, 3.63) is 0 Å². The Bertz CT molecular complexity index is 251. The summed E-state index contributed by atoms with van der Waals surface area (Å²) in [6.07, 6.45) is 14.8. The van der Waals surface area contributed by atoms with Crippen LogP contribution in [0.4, 0.5) is 0 Å². The smallest absolute Gasteiger partial charge is 0.220 e. The maximum absolute atomic E-state index is 11.6. The van der Waals surface area contributed by atoms with Gasteiger partial charge in [-0.25, -0.2) is 0 Å². The summed E-state index contributed by atoms with van der Waals surface area (Å²) in [5.41, 5.74) is 5.96. The first-order valence-electron chi connectivity index (χ1n) is 8.76. The third-order valence-corrected chi connectivity index (χ3v) is 4.27. The average Bonchev–Trinajstić information content (AvgIpc) is 3.27. The topological polar surface area (TPSA) is 55.1 Å². The first kappa shape index (κ1) is 17.5. The summed E-state index contributed by atoms with van der Waals surface area (Å²) in [7, 11) is 0. The van der Waals surface area contributed by atoms with E-state index in [9.17, 15) is 4.79 Å². The molecule has 1 unspecified atom stereocenters. The number of amides is 1. The summed E-state index contributed by atoms with van der Waals surface area (Å²) in [4.78, 5) is 11.6. The maximum Gasteiger partial charge on any atom is 0.220 e. The number of hydrogen-bond acceptors (Lipinski definition) is 2. The van der Waals surface area contributed by atoms with Gasteiger partial charge in [0, 0.05) is 19.0 Å². The molecule has 0 aliphatic heterocycles. The van der Waals surface area contributed by atoms with E-state index in [0.29, 0.717) is 18.9 Å². The highest BCUT2D eigenvalue weighted by atomic mass is 16.1. The van der Waals surface area contributed by atoms with Crippen LogP contribution in [0.1, 0.15) is 84.0 Å². The Morgan fingerprint density at radius 1 is 1.05 bits per heavy atom. The van der Waals surface area contributed by atoms with E-state index in [4.69, 9.17) is 5.73 Å². The molecule has 0 heterocycles. The number of carbonyl (C=O) groups excluding carboxylic acids is 1. The highest BCUT2D eigenvalue weighted by molar-refractivity contribution is 5.75. The molecule has 1 amide bonds. The second-order valence-electron chi connectivity index (χ2n) is 6.38. The quantitative estimate of drug-likeness (QED) is 0.505. The van der Waals surface area contributed by atoms with Gasteiger partial charge in [-0.05, 0) is 25.2 Å². The van der Waals surface area contributed by atoms with E-state index in [2.05, 4.69) is 12.2 Å². The summed E-state index contributed by atoms with van der Waals surface area (Å²) in [5.74, 6) is 0.854. The molecule has 0 bridgehead atoms.